The third-order valence-electron chi connectivity index (χ3n) is 4.30. The highest BCUT2D eigenvalue weighted by Gasteiger charge is 2.19. The van der Waals surface area contributed by atoms with E-state index in [0.29, 0.717) is 18.3 Å². The molecule has 1 unspecified atom stereocenters. The van der Waals surface area contributed by atoms with Gasteiger partial charge in [-0.1, -0.05) is 19.8 Å². The Morgan fingerprint density at radius 1 is 1.45 bits per heavy atom. The Hall–Kier alpha value is -2.18. The maximum Gasteiger partial charge on any atom is 0.271 e. The summed E-state index contributed by atoms with van der Waals surface area (Å²) in [5, 5.41) is 15.3. The second kappa shape index (κ2) is 6.29. The molecule has 3 rings (SSSR count). The summed E-state index contributed by atoms with van der Waals surface area (Å²) < 4.78 is 3.81. The molecule has 2 heterocycles. The molecule has 22 heavy (non-hydrogen) atoms. The van der Waals surface area contributed by atoms with Crippen molar-refractivity contribution in [2.24, 2.45) is 7.05 Å². The Morgan fingerprint density at radius 3 is 2.91 bits per heavy atom. The third-order valence-corrected chi connectivity index (χ3v) is 4.30. The van der Waals surface area contributed by atoms with Gasteiger partial charge in [0.25, 0.3) is 5.91 Å². The van der Waals surface area contributed by atoms with Crippen LogP contribution in [0, 0.1) is 0 Å². The van der Waals surface area contributed by atoms with E-state index < -0.39 is 0 Å². The van der Waals surface area contributed by atoms with Gasteiger partial charge in [-0.15, -0.1) is 10.2 Å². The molecule has 2 aromatic rings. The molecule has 118 valence electrons. The topological polar surface area (TPSA) is 77.6 Å². The summed E-state index contributed by atoms with van der Waals surface area (Å²) in [5.41, 5.74) is 0.483. The Balaban J connectivity index is 1.57. The minimum atomic E-state index is -0.134. The van der Waals surface area contributed by atoms with E-state index >= 15 is 0 Å². The largest absolute Gasteiger partial charge is 0.350 e. The first-order valence-electron chi connectivity index (χ1n) is 7.82. The quantitative estimate of drug-likeness (QED) is 0.911. The molecule has 1 N–H and O–H groups in total. The van der Waals surface area contributed by atoms with E-state index in [0.717, 1.165) is 18.7 Å². The van der Waals surface area contributed by atoms with E-state index in [9.17, 15) is 4.79 Å². The van der Waals surface area contributed by atoms with Crippen molar-refractivity contribution in [2.45, 2.75) is 44.6 Å². The normalized spacial score (nSPS) is 16.8. The van der Waals surface area contributed by atoms with E-state index in [4.69, 9.17) is 0 Å². The smallest absolute Gasteiger partial charge is 0.271 e. The summed E-state index contributed by atoms with van der Waals surface area (Å²) in [6, 6.07) is 2.25. The van der Waals surface area contributed by atoms with Gasteiger partial charge >= 0.3 is 0 Å². The average Bonchev–Trinajstić information content (AvgIpc) is 3.23. The van der Waals surface area contributed by atoms with Crippen LogP contribution in [0.1, 0.15) is 60.9 Å². The van der Waals surface area contributed by atoms with Crippen LogP contribution in [0.15, 0.2) is 18.6 Å². The second-order valence-corrected chi connectivity index (χ2v) is 6.03. The maximum atomic E-state index is 12.2. The molecule has 1 atom stereocenters. The summed E-state index contributed by atoms with van der Waals surface area (Å²) in [7, 11) is 1.90. The number of amides is 1. The van der Waals surface area contributed by atoms with Gasteiger partial charge in [0.1, 0.15) is 17.8 Å². The Kier molecular flexibility index (Phi) is 4.22. The summed E-state index contributed by atoms with van der Waals surface area (Å²) >= 11 is 0. The highest BCUT2D eigenvalue weighted by atomic mass is 16.1. The SMILES string of the molecule is CC(CNC(=O)c1ccn(C2CCCC2)n1)c1nncn1C. The van der Waals surface area contributed by atoms with Crippen LogP contribution in [0.4, 0.5) is 0 Å². The predicted molar refractivity (Wildman–Crippen MR) is 81.5 cm³/mol. The molecule has 0 aliphatic heterocycles. The monoisotopic (exact) mass is 302 g/mol. The molecule has 1 amide bonds. The Labute approximate surface area is 129 Å². The lowest BCUT2D eigenvalue weighted by atomic mass is 10.1. The first-order valence-corrected chi connectivity index (χ1v) is 7.82. The van der Waals surface area contributed by atoms with Crippen molar-refractivity contribution >= 4 is 5.91 Å². The van der Waals surface area contributed by atoms with E-state index in [1.165, 1.54) is 12.8 Å². The van der Waals surface area contributed by atoms with E-state index in [2.05, 4.69) is 20.6 Å². The first-order chi connectivity index (χ1) is 10.6. The lowest BCUT2D eigenvalue weighted by Crippen LogP contribution is -2.29. The number of hydrogen-bond acceptors (Lipinski definition) is 4. The third kappa shape index (κ3) is 3.03. The highest BCUT2D eigenvalue weighted by Crippen LogP contribution is 2.28. The van der Waals surface area contributed by atoms with Crippen LogP contribution in [0.3, 0.4) is 0 Å². The van der Waals surface area contributed by atoms with Gasteiger partial charge in [-0.2, -0.15) is 5.10 Å². The van der Waals surface area contributed by atoms with Crippen LogP contribution in [0.25, 0.3) is 0 Å². The zero-order valence-electron chi connectivity index (χ0n) is 13.1. The number of aryl methyl sites for hydroxylation is 1. The van der Waals surface area contributed by atoms with Crippen molar-refractivity contribution < 1.29 is 4.79 Å². The van der Waals surface area contributed by atoms with Gasteiger partial charge in [-0.25, -0.2) is 0 Å². The maximum absolute atomic E-state index is 12.2. The molecule has 7 nitrogen and oxygen atoms in total. The van der Waals surface area contributed by atoms with E-state index in [1.54, 1.807) is 12.4 Å². The summed E-state index contributed by atoms with van der Waals surface area (Å²) in [6.07, 6.45) is 8.40. The number of carbonyl (C=O) groups is 1. The molecule has 1 aliphatic carbocycles. The van der Waals surface area contributed by atoms with Crippen molar-refractivity contribution in [3.63, 3.8) is 0 Å². The minimum absolute atomic E-state index is 0.105. The fraction of sp³-hybridized carbons (Fsp3) is 0.600. The zero-order chi connectivity index (χ0) is 15.5. The van der Waals surface area contributed by atoms with E-state index in [-0.39, 0.29) is 11.8 Å². The zero-order valence-corrected chi connectivity index (χ0v) is 13.1. The van der Waals surface area contributed by atoms with Crippen LogP contribution in [-0.4, -0.2) is 37.0 Å². The molecule has 1 saturated carbocycles. The molecule has 1 fully saturated rings. The van der Waals surface area contributed by atoms with Crippen LogP contribution in [0.2, 0.25) is 0 Å². The van der Waals surface area contributed by atoms with Crippen LogP contribution in [0.5, 0.6) is 0 Å². The fourth-order valence-electron chi connectivity index (χ4n) is 3.00. The second-order valence-electron chi connectivity index (χ2n) is 6.03. The molecule has 7 heteroatoms. The van der Waals surface area contributed by atoms with Crippen molar-refractivity contribution in [2.75, 3.05) is 6.54 Å². The number of nitrogens with one attached hydrogen (secondary N) is 1. The highest BCUT2D eigenvalue weighted by molar-refractivity contribution is 5.92. The van der Waals surface area contributed by atoms with Crippen molar-refractivity contribution in [3.05, 3.63) is 30.1 Å². The van der Waals surface area contributed by atoms with Gasteiger partial charge in [0.2, 0.25) is 0 Å². The molecule has 0 saturated heterocycles. The Bertz CT molecular complexity index is 640. The summed E-state index contributed by atoms with van der Waals surface area (Å²) in [5.74, 6) is 0.830. The van der Waals surface area contributed by atoms with Crippen molar-refractivity contribution in [3.8, 4) is 0 Å². The molecule has 0 spiro atoms. The van der Waals surface area contributed by atoms with E-state index in [1.807, 2.05) is 29.4 Å². The number of rotatable bonds is 5. The van der Waals surface area contributed by atoms with Crippen LogP contribution >= 0.6 is 0 Å². The number of nitrogens with zero attached hydrogens (tertiary/aromatic N) is 5. The van der Waals surface area contributed by atoms with Crippen LogP contribution in [-0.2, 0) is 7.05 Å². The minimum Gasteiger partial charge on any atom is -0.350 e. The number of aromatic nitrogens is 5. The molecule has 0 radical (unpaired) electrons. The van der Waals surface area contributed by atoms with Gasteiger partial charge in [0.05, 0.1) is 6.04 Å². The predicted octanol–water partition coefficient (Wildman–Crippen LogP) is 1.66. The molecular formula is C15H22N6O. The van der Waals surface area contributed by atoms with Gasteiger partial charge in [0.15, 0.2) is 0 Å². The van der Waals surface area contributed by atoms with Crippen LogP contribution < -0.4 is 5.32 Å². The van der Waals surface area contributed by atoms with Gasteiger partial charge in [-0.05, 0) is 18.9 Å². The fourth-order valence-corrected chi connectivity index (χ4v) is 3.00. The van der Waals surface area contributed by atoms with Crippen molar-refractivity contribution in [1.29, 1.82) is 0 Å². The molecule has 1 aliphatic rings. The molecule has 0 aromatic carbocycles. The standard InChI is InChI=1S/C15H22N6O/c1-11(14-18-17-10-20(14)2)9-16-15(22)13-7-8-21(19-13)12-5-3-4-6-12/h7-8,10-12H,3-6,9H2,1-2H3,(H,16,22). The number of carbonyl (C=O) groups excluding carboxylic acids is 1. The van der Waals surface area contributed by atoms with Gasteiger partial charge in [0, 0.05) is 25.7 Å². The lowest BCUT2D eigenvalue weighted by molar-refractivity contribution is 0.0945. The summed E-state index contributed by atoms with van der Waals surface area (Å²) in [4.78, 5) is 12.2. The Morgan fingerprint density at radius 2 is 2.23 bits per heavy atom. The van der Waals surface area contributed by atoms with Gasteiger partial charge < -0.3 is 9.88 Å². The first kappa shape index (κ1) is 14.7. The molecular weight excluding hydrogens is 280 g/mol. The molecule has 0 bridgehead atoms. The molecule has 2 aromatic heterocycles. The lowest BCUT2D eigenvalue weighted by Gasteiger charge is -2.11. The van der Waals surface area contributed by atoms with Gasteiger partial charge in [-0.3, -0.25) is 9.48 Å². The van der Waals surface area contributed by atoms with Crippen molar-refractivity contribution in [1.82, 2.24) is 29.9 Å². The number of hydrogen-bond donors (Lipinski definition) is 1. The average molecular weight is 302 g/mol. The summed E-state index contributed by atoms with van der Waals surface area (Å²) in [6.45, 7) is 2.53.